The molecule has 0 heterocycles. The molecule has 0 aromatic carbocycles. The third-order valence-electron chi connectivity index (χ3n) is 17.4. The smallest absolute Gasteiger partial charge is 0.462 e. The summed E-state index contributed by atoms with van der Waals surface area (Å²) in [5.74, 6) is -2.14. The molecule has 0 radical (unpaired) electrons. The Morgan fingerprint density at radius 3 is 0.792 bits per heavy atom. The highest BCUT2D eigenvalue weighted by Crippen LogP contribution is 2.45. The molecule has 19 heteroatoms. The van der Waals surface area contributed by atoms with Crippen molar-refractivity contribution in [2.75, 3.05) is 39.6 Å². The van der Waals surface area contributed by atoms with Crippen LogP contribution in [-0.2, 0) is 65.4 Å². The van der Waals surface area contributed by atoms with Crippen molar-refractivity contribution in [1.82, 2.24) is 0 Å². The largest absolute Gasteiger partial charge is 0.472 e. The number of ether oxygens (including phenoxy) is 4. The molecule has 0 aliphatic rings. The lowest BCUT2D eigenvalue weighted by molar-refractivity contribution is -0.161. The predicted molar refractivity (Wildman–Crippen MR) is 391 cm³/mol. The first-order chi connectivity index (χ1) is 46.7. The summed E-state index contributed by atoms with van der Waals surface area (Å²) in [5, 5.41) is 10.6. The molecule has 5 atom stereocenters. The fourth-order valence-corrected chi connectivity index (χ4v) is 13.0. The summed E-state index contributed by atoms with van der Waals surface area (Å²) in [6, 6.07) is 0. The van der Waals surface area contributed by atoms with E-state index in [2.05, 4.69) is 52.0 Å². The van der Waals surface area contributed by atoms with Gasteiger partial charge in [-0.05, 0) is 57.8 Å². The number of hydrogen-bond acceptors (Lipinski definition) is 15. The van der Waals surface area contributed by atoms with Crippen LogP contribution in [0.4, 0.5) is 0 Å². The van der Waals surface area contributed by atoms with Gasteiger partial charge in [-0.15, -0.1) is 0 Å². The Morgan fingerprint density at radius 2 is 0.510 bits per heavy atom. The Labute approximate surface area is 586 Å². The van der Waals surface area contributed by atoms with Gasteiger partial charge in [0.05, 0.1) is 26.4 Å². The van der Waals surface area contributed by atoms with Crippen molar-refractivity contribution in [2.24, 2.45) is 0 Å². The molecule has 2 unspecified atom stereocenters. The molecule has 0 amide bonds. The van der Waals surface area contributed by atoms with E-state index in [1.165, 1.54) is 199 Å². The van der Waals surface area contributed by atoms with E-state index in [0.717, 1.165) is 109 Å². The summed E-state index contributed by atoms with van der Waals surface area (Å²) in [6.07, 6.45) is 64.4. The number of phosphoric acid groups is 2. The van der Waals surface area contributed by atoms with Crippen molar-refractivity contribution >= 4 is 39.5 Å². The Kier molecular flexibility index (Phi) is 69.1. The molecule has 17 nitrogen and oxygen atoms in total. The minimum atomic E-state index is -4.96. The Hall–Kier alpha value is -2.46. The van der Waals surface area contributed by atoms with E-state index >= 15 is 0 Å². The van der Waals surface area contributed by atoms with Crippen LogP contribution in [-0.4, -0.2) is 96.7 Å². The molecule has 0 aromatic rings. The van der Waals surface area contributed by atoms with E-state index in [9.17, 15) is 43.2 Å². The van der Waals surface area contributed by atoms with Crippen LogP contribution in [0.1, 0.15) is 387 Å². The molecular weight excluding hydrogens is 1260 g/mol. The van der Waals surface area contributed by atoms with Crippen molar-refractivity contribution in [3.05, 3.63) is 24.3 Å². The van der Waals surface area contributed by atoms with Crippen molar-refractivity contribution in [3.8, 4) is 0 Å². The van der Waals surface area contributed by atoms with E-state index in [-0.39, 0.29) is 25.7 Å². The van der Waals surface area contributed by atoms with Gasteiger partial charge in [-0.25, -0.2) is 9.13 Å². The number of hydrogen-bond donors (Lipinski definition) is 3. The maximum atomic E-state index is 13.1. The van der Waals surface area contributed by atoms with Crippen LogP contribution >= 0.6 is 15.6 Å². The zero-order chi connectivity index (χ0) is 70.4. The normalized spacial score (nSPS) is 14.0. The van der Waals surface area contributed by atoms with Crippen molar-refractivity contribution in [1.29, 1.82) is 0 Å². The average Bonchev–Trinajstić information content (AvgIpc) is 1.19. The predicted octanol–water partition coefficient (Wildman–Crippen LogP) is 22.6. The van der Waals surface area contributed by atoms with Crippen LogP contribution < -0.4 is 0 Å². The number of esters is 4. The van der Waals surface area contributed by atoms with Gasteiger partial charge in [0.15, 0.2) is 12.2 Å². The molecule has 0 spiro atoms. The van der Waals surface area contributed by atoms with Crippen molar-refractivity contribution in [2.45, 2.75) is 406 Å². The minimum absolute atomic E-state index is 0.0875. The highest BCUT2D eigenvalue weighted by molar-refractivity contribution is 7.47. The number of unbranched alkanes of at least 4 members (excludes halogenated alkanes) is 46. The Balaban J connectivity index is 5.30. The third kappa shape index (κ3) is 70.0. The molecule has 0 rings (SSSR count). The van der Waals surface area contributed by atoms with E-state index in [1.807, 2.05) is 0 Å². The summed E-state index contributed by atoms with van der Waals surface area (Å²) in [7, 11) is -9.92. The molecule has 566 valence electrons. The highest BCUT2D eigenvalue weighted by atomic mass is 31.2. The number of aliphatic hydroxyl groups excluding tert-OH is 1. The van der Waals surface area contributed by atoms with Crippen LogP contribution in [0.2, 0.25) is 0 Å². The topological polar surface area (TPSA) is 237 Å². The molecule has 0 aromatic heterocycles. The van der Waals surface area contributed by atoms with Gasteiger partial charge in [0, 0.05) is 25.7 Å². The zero-order valence-electron chi connectivity index (χ0n) is 61.8. The van der Waals surface area contributed by atoms with Gasteiger partial charge in [-0.1, -0.05) is 328 Å². The summed E-state index contributed by atoms with van der Waals surface area (Å²) in [4.78, 5) is 72.9. The molecule has 0 aliphatic heterocycles. The number of carbonyl (C=O) groups is 4. The maximum Gasteiger partial charge on any atom is 0.472 e. The molecule has 0 saturated carbocycles. The first-order valence-electron chi connectivity index (χ1n) is 39.6. The Morgan fingerprint density at radius 1 is 0.292 bits per heavy atom. The van der Waals surface area contributed by atoms with Crippen molar-refractivity contribution in [3.63, 3.8) is 0 Å². The van der Waals surface area contributed by atoms with Gasteiger partial charge in [0.1, 0.15) is 19.3 Å². The van der Waals surface area contributed by atoms with Gasteiger partial charge >= 0.3 is 39.5 Å². The molecule has 0 aliphatic carbocycles. The standard InChI is InChI=1S/C77H146O17P2/c1-5-9-13-17-21-25-29-33-35-39-43-47-51-55-59-63-76(81)93-72(67-87-74(79)61-57-53-49-45-41-37-31-27-23-19-15-11-7-3)69-91-95(83,84)89-65-71(78)66-90-96(85,86)92-70-73(68-88-75(80)62-58-54-50-46-42-38-32-28-24-20-16-12-8-4)94-77(82)64-60-56-52-48-44-40-36-34-30-26-22-18-14-10-6-2/h21,25,33,35,71-73,78H,5-20,22-24,26-32,34,36-70H2,1-4H3,(H,83,84)(H,85,86)/b25-21-,35-33-/t71-,72-,73-/m1/s1. The first-order valence-corrected chi connectivity index (χ1v) is 42.6. The number of phosphoric ester groups is 2. The number of carbonyl (C=O) groups excluding carboxylic acids is 4. The van der Waals surface area contributed by atoms with Gasteiger partial charge in [0.2, 0.25) is 0 Å². The number of rotatable bonds is 76. The average molecular weight is 1410 g/mol. The summed E-state index contributed by atoms with van der Waals surface area (Å²) < 4.78 is 68.6. The second-order valence-corrected chi connectivity index (χ2v) is 29.9. The molecule has 0 saturated heterocycles. The van der Waals surface area contributed by atoms with Crippen LogP contribution in [0.25, 0.3) is 0 Å². The summed E-state index contributed by atoms with van der Waals surface area (Å²) in [5.41, 5.74) is 0. The number of allylic oxidation sites excluding steroid dienone is 4. The third-order valence-corrected chi connectivity index (χ3v) is 19.4. The lowest BCUT2D eigenvalue weighted by atomic mass is 10.0. The molecule has 0 bridgehead atoms. The summed E-state index contributed by atoms with van der Waals surface area (Å²) >= 11 is 0. The quantitative estimate of drug-likeness (QED) is 0.0169. The Bertz CT molecular complexity index is 1920. The van der Waals surface area contributed by atoms with Crippen molar-refractivity contribution < 1.29 is 80.2 Å². The molecule has 0 fully saturated rings. The van der Waals surface area contributed by atoms with Gasteiger partial charge in [0.25, 0.3) is 0 Å². The fraction of sp³-hybridized carbons (Fsp3) is 0.896. The second kappa shape index (κ2) is 71.0. The van der Waals surface area contributed by atoms with Gasteiger partial charge in [-0.2, -0.15) is 0 Å². The van der Waals surface area contributed by atoms with E-state index < -0.39 is 97.5 Å². The maximum absolute atomic E-state index is 13.1. The lowest BCUT2D eigenvalue weighted by Gasteiger charge is -2.21. The molecule has 96 heavy (non-hydrogen) atoms. The lowest BCUT2D eigenvalue weighted by Crippen LogP contribution is -2.30. The second-order valence-electron chi connectivity index (χ2n) is 27.0. The van der Waals surface area contributed by atoms with E-state index in [0.29, 0.717) is 25.7 Å². The van der Waals surface area contributed by atoms with Gasteiger partial charge < -0.3 is 33.8 Å². The fourth-order valence-electron chi connectivity index (χ4n) is 11.4. The van der Waals surface area contributed by atoms with E-state index in [1.54, 1.807) is 0 Å². The van der Waals surface area contributed by atoms with Gasteiger partial charge in [-0.3, -0.25) is 37.3 Å². The minimum Gasteiger partial charge on any atom is -0.462 e. The van der Waals surface area contributed by atoms with Crippen LogP contribution in [0, 0.1) is 0 Å². The van der Waals surface area contributed by atoms with Crippen LogP contribution in [0.15, 0.2) is 24.3 Å². The van der Waals surface area contributed by atoms with Crippen LogP contribution in [0.5, 0.6) is 0 Å². The van der Waals surface area contributed by atoms with E-state index in [4.69, 9.17) is 37.0 Å². The first kappa shape index (κ1) is 93.5. The number of aliphatic hydroxyl groups is 1. The zero-order valence-corrected chi connectivity index (χ0v) is 63.6. The van der Waals surface area contributed by atoms with Crippen LogP contribution in [0.3, 0.4) is 0 Å². The SMILES string of the molecule is CCCCC/C=C\C/C=C\CCCCCCCC(=O)O[C@H](COC(=O)CCCCCCCCCCCCCCC)COP(=O)(O)OC[C@@H](O)COP(=O)(O)OC[C@@H](COC(=O)CCCCCCCCCCCCCCC)OC(=O)CCCCCCCCCCCCCCCCC. The highest BCUT2D eigenvalue weighted by Gasteiger charge is 2.30. The molecular formula is C77H146O17P2. The molecule has 3 N–H and O–H groups in total. The monoisotopic (exact) mass is 1410 g/mol. The summed E-state index contributed by atoms with van der Waals surface area (Å²) in [6.45, 7) is 4.94.